The molecule has 0 amide bonds. The number of aryl methyl sites for hydroxylation is 4. The van der Waals surface area contributed by atoms with Gasteiger partial charge in [-0.1, -0.05) is 50.1 Å². The summed E-state index contributed by atoms with van der Waals surface area (Å²) >= 11 is 0. The molecule has 0 spiro atoms. The predicted molar refractivity (Wildman–Crippen MR) is 133 cm³/mol. The van der Waals surface area contributed by atoms with E-state index in [4.69, 9.17) is 9.84 Å². The van der Waals surface area contributed by atoms with Crippen LogP contribution in [0.25, 0.3) is 0 Å². The molecule has 2 aromatic rings. The zero-order chi connectivity index (χ0) is 23.5. The Morgan fingerprint density at radius 3 is 2.28 bits per heavy atom. The van der Waals surface area contributed by atoms with Crippen LogP contribution in [0.4, 0.5) is 0 Å². The van der Waals surface area contributed by atoms with E-state index >= 15 is 0 Å². The first-order valence-electron chi connectivity index (χ1n) is 12.0. The number of hydrogen-bond donors (Lipinski definition) is 2. The molecule has 0 radical (unpaired) electrons. The lowest BCUT2D eigenvalue weighted by Crippen LogP contribution is -2.17. The van der Waals surface area contributed by atoms with Gasteiger partial charge in [0.25, 0.3) is 0 Å². The van der Waals surface area contributed by atoms with Gasteiger partial charge >= 0.3 is 5.97 Å². The largest absolute Gasteiger partial charge is 0.493 e. The van der Waals surface area contributed by atoms with Crippen molar-refractivity contribution in [3.8, 4) is 5.75 Å². The van der Waals surface area contributed by atoms with Gasteiger partial charge in [0.1, 0.15) is 5.75 Å². The summed E-state index contributed by atoms with van der Waals surface area (Å²) in [5.74, 6) is 0.913. The van der Waals surface area contributed by atoms with Crippen molar-refractivity contribution in [2.24, 2.45) is 5.92 Å². The molecule has 0 aromatic heterocycles. The van der Waals surface area contributed by atoms with Gasteiger partial charge in [-0.05, 0) is 86.3 Å². The number of carbonyl (C=O) groups is 1. The smallest absolute Gasteiger partial charge is 0.304 e. The van der Waals surface area contributed by atoms with Gasteiger partial charge in [-0.25, -0.2) is 0 Å². The quantitative estimate of drug-likeness (QED) is 0.339. The predicted octanol–water partition coefficient (Wildman–Crippen LogP) is 6.30. The molecule has 0 heterocycles. The molecule has 1 atom stereocenters. The summed E-state index contributed by atoms with van der Waals surface area (Å²) in [6.45, 7) is 12.7. The number of rotatable bonds is 14. The Labute approximate surface area is 194 Å². The zero-order valence-electron chi connectivity index (χ0n) is 20.6. The molecule has 2 rings (SSSR count). The zero-order valence-corrected chi connectivity index (χ0v) is 20.6. The summed E-state index contributed by atoms with van der Waals surface area (Å²) in [5.41, 5.74) is 7.64. The summed E-state index contributed by atoms with van der Waals surface area (Å²) < 4.78 is 6.20. The Bertz CT molecular complexity index is 852. The normalized spacial score (nSPS) is 12.0. The lowest BCUT2D eigenvalue weighted by Gasteiger charge is -2.18. The molecule has 0 saturated heterocycles. The summed E-state index contributed by atoms with van der Waals surface area (Å²) in [6.07, 6.45) is 6.01. The third-order valence-electron chi connectivity index (χ3n) is 6.16. The van der Waals surface area contributed by atoms with Crippen LogP contribution in [-0.2, 0) is 17.8 Å². The van der Waals surface area contributed by atoms with Crippen LogP contribution >= 0.6 is 0 Å². The Morgan fingerprint density at radius 1 is 0.969 bits per heavy atom. The maximum atomic E-state index is 10.6. The van der Waals surface area contributed by atoms with Crippen molar-refractivity contribution in [2.45, 2.75) is 79.7 Å². The van der Waals surface area contributed by atoms with E-state index in [0.29, 0.717) is 19.0 Å². The van der Waals surface area contributed by atoms with Gasteiger partial charge < -0.3 is 15.2 Å². The van der Waals surface area contributed by atoms with Crippen molar-refractivity contribution in [3.05, 3.63) is 63.7 Å². The maximum absolute atomic E-state index is 10.6. The highest BCUT2D eigenvalue weighted by Crippen LogP contribution is 2.26. The molecular formula is C28H41NO3. The monoisotopic (exact) mass is 439 g/mol. The topological polar surface area (TPSA) is 58.6 Å². The molecule has 0 fully saturated rings. The van der Waals surface area contributed by atoms with E-state index in [0.717, 1.165) is 41.9 Å². The van der Waals surface area contributed by atoms with Crippen LogP contribution in [0, 0.1) is 33.6 Å². The molecule has 4 nitrogen and oxygen atoms in total. The van der Waals surface area contributed by atoms with Crippen LogP contribution in [-0.4, -0.2) is 24.2 Å². The van der Waals surface area contributed by atoms with Crippen molar-refractivity contribution in [2.75, 3.05) is 13.2 Å². The molecular weight excluding hydrogens is 398 g/mol. The number of ether oxygens (including phenoxy) is 1. The first-order valence-corrected chi connectivity index (χ1v) is 12.0. The van der Waals surface area contributed by atoms with Gasteiger partial charge in [0, 0.05) is 13.1 Å². The van der Waals surface area contributed by atoms with E-state index in [1.165, 1.54) is 36.0 Å². The van der Waals surface area contributed by atoms with Crippen molar-refractivity contribution in [1.29, 1.82) is 0 Å². The van der Waals surface area contributed by atoms with Crippen LogP contribution in [0.15, 0.2) is 30.3 Å². The van der Waals surface area contributed by atoms with E-state index < -0.39 is 5.97 Å². The molecule has 2 aromatic carbocycles. The van der Waals surface area contributed by atoms with Gasteiger partial charge in [0.15, 0.2) is 0 Å². The van der Waals surface area contributed by atoms with Crippen LogP contribution in [0.5, 0.6) is 5.75 Å². The fourth-order valence-electron chi connectivity index (χ4n) is 4.36. The van der Waals surface area contributed by atoms with Gasteiger partial charge in [0.2, 0.25) is 0 Å². The minimum Gasteiger partial charge on any atom is -0.493 e. The number of nitrogens with one attached hydrogen (secondary N) is 1. The standard InChI is InChI=1S/C28H41NO3/c1-6-8-24(18-25-11-10-20(2)21(3)15-25)9-7-14-32-28-22(4)16-26(17-23(28)5)19-29-13-12-27(30)31/h10-11,15-17,24,29H,6-9,12-14,18-19H2,1-5H3,(H,30,31). The average molecular weight is 440 g/mol. The highest BCUT2D eigenvalue weighted by molar-refractivity contribution is 5.66. The van der Waals surface area contributed by atoms with Crippen molar-refractivity contribution in [3.63, 3.8) is 0 Å². The van der Waals surface area contributed by atoms with E-state index in [1.54, 1.807) is 0 Å². The molecule has 0 bridgehead atoms. The number of carboxylic acid groups (broad SMARTS) is 1. The second-order valence-electron chi connectivity index (χ2n) is 9.15. The number of carboxylic acids is 1. The molecule has 0 saturated carbocycles. The minimum absolute atomic E-state index is 0.141. The van der Waals surface area contributed by atoms with E-state index in [1.807, 2.05) is 0 Å². The average Bonchev–Trinajstić information content (AvgIpc) is 2.72. The van der Waals surface area contributed by atoms with E-state index in [9.17, 15) is 4.79 Å². The summed E-state index contributed by atoms with van der Waals surface area (Å²) in [4.78, 5) is 10.6. The molecule has 2 N–H and O–H groups in total. The second-order valence-corrected chi connectivity index (χ2v) is 9.15. The fourth-order valence-corrected chi connectivity index (χ4v) is 4.36. The minimum atomic E-state index is -0.774. The van der Waals surface area contributed by atoms with Crippen LogP contribution < -0.4 is 10.1 Å². The Morgan fingerprint density at radius 2 is 1.66 bits per heavy atom. The van der Waals surface area contributed by atoms with Gasteiger partial charge in [-0.3, -0.25) is 4.79 Å². The molecule has 1 unspecified atom stereocenters. The lowest BCUT2D eigenvalue weighted by atomic mass is 9.90. The summed E-state index contributed by atoms with van der Waals surface area (Å²) in [5, 5.41) is 11.9. The van der Waals surface area contributed by atoms with Crippen LogP contribution in [0.1, 0.15) is 72.4 Å². The Kier molecular flexibility index (Phi) is 10.8. The number of benzene rings is 2. The molecule has 0 aliphatic rings. The number of hydrogen-bond acceptors (Lipinski definition) is 3. The molecule has 0 aliphatic heterocycles. The third-order valence-corrected chi connectivity index (χ3v) is 6.16. The Hall–Kier alpha value is -2.33. The van der Waals surface area contributed by atoms with E-state index in [-0.39, 0.29) is 6.42 Å². The highest BCUT2D eigenvalue weighted by atomic mass is 16.5. The first kappa shape index (κ1) is 25.9. The van der Waals surface area contributed by atoms with Gasteiger partial charge in [-0.15, -0.1) is 0 Å². The maximum Gasteiger partial charge on any atom is 0.304 e. The first-order chi connectivity index (χ1) is 15.3. The van der Waals surface area contributed by atoms with Crippen molar-refractivity contribution in [1.82, 2.24) is 5.32 Å². The SMILES string of the molecule is CCCC(CCCOc1c(C)cc(CNCCC(=O)O)cc1C)Cc1ccc(C)c(C)c1. The van der Waals surface area contributed by atoms with Gasteiger partial charge in [0.05, 0.1) is 13.0 Å². The van der Waals surface area contributed by atoms with E-state index in [2.05, 4.69) is 70.3 Å². The third kappa shape index (κ3) is 8.66. The van der Waals surface area contributed by atoms with Crippen molar-refractivity contribution < 1.29 is 14.6 Å². The van der Waals surface area contributed by atoms with Crippen molar-refractivity contribution >= 4 is 5.97 Å². The van der Waals surface area contributed by atoms with Crippen LogP contribution in [0.2, 0.25) is 0 Å². The molecule has 4 heteroatoms. The van der Waals surface area contributed by atoms with Crippen LogP contribution in [0.3, 0.4) is 0 Å². The Balaban J connectivity index is 1.84. The molecule has 176 valence electrons. The fraction of sp³-hybridized carbons (Fsp3) is 0.536. The molecule has 0 aliphatic carbocycles. The lowest BCUT2D eigenvalue weighted by molar-refractivity contribution is -0.136. The van der Waals surface area contributed by atoms with Gasteiger partial charge in [-0.2, -0.15) is 0 Å². The summed E-state index contributed by atoms with van der Waals surface area (Å²) in [6, 6.07) is 11.1. The highest BCUT2D eigenvalue weighted by Gasteiger charge is 2.11. The molecule has 32 heavy (non-hydrogen) atoms. The second kappa shape index (κ2) is 13.3. The number of aliphatic carboxylic acids is 1. The summed E-state index contributed by atoms with van der Waals surface area (Å²) in [7, 11) is 0.